The van der Waals surface area contributed by atoms with Crippen molar-refractivity contribution in [2.24, 2.45) is 5.84 Å². The van der Waals surface area contributed by atoms with Crippen LogP contribution in [0, 0.1) is 0 Å². The fraction of sp³-hybridized carbons (Fsp3) is 0.0667. The Labute approximate surface area is 110 Å². The number of rotatable bonds is 3. The van der Waals surface area contributed by atoms with Crippen molar-refractivity contribution in [1.82, 2.24) is 5.43 Å². The molecule has 3 aromatic rings. The summed E-state index contributed by atoms with van der Waals surface area (Å²) in [4.78, 5) is 0. The van der Waals surface area contributed by atoms with Gasteiger partial charge in [-0.1, -0.05) is 36.4 Å². The van der Waals surface area contributed by atoms with Gasteiger partial charge in [-0.05, 0) is 44.8 Å². The number of hydrazine groups is 1. The van der Waals surface area contributed by atoms with E-state index in [9.17, 15) is 0 Å². The van der Waals surface area contributed by atoms with Crippen LogP contribution in [0.5, 0.6) is 0 Å². The molecule has 18 heavy (non-hydrogen) atoms. The molecule has 0 amide bonds. The van der Waals surface area contributed by atoms with Gasteiger partial charge in [-0.2, -0.15) is 11.3 Å². The summed E-state index contributed by atoms with van der Waals surface area (Å²) in [5, 5.41) is 6.69. The number of hydrogen-bond donors (Lipinski definition) is 2. The van der Waals surface area contributed by atoms with Crippen molar-refractivity contribution in [2.75, 3.05) is 0 Å². The quantitative estimate of drug-likeness (QED) is 0.555. The van der Waals surface area contributed by atoms with Gasteiger partial charge in [0, 0.05) is 0 Å². The second-order valence-corrected chi connectivity index (χ2v) is 5.04. The third-order valence-electron chi connectivity index (χ3n) is 3.15. The molecular weight excluding hydrogens is 240 g/mol. The first-order chi connectivity index (χ1) is 8.88. The highest BCUT2D eigenvalue weighted by atomic mass is 32.1. The molecule has 1 atom stereocenters. The topological polar surface area (TPSA) is 38.0 Å². The normalized spacial score (nSPS) is 12.7. The minimum absolute atomic E-state index is 0.0563. The molecule has 0 radical (unpaired) electrons. The van der Waals surface area contributed by atoms with Gasteiger partial charge >= 0.3 is 0 Å². The molecule has 1 heterocycles. The van der Waals surface area contributed by atoms with Crippen LogP contribution in [-0.2, 0) is 0 Å². The van der Waals surface area contributed by atoms with Crippen LogP contribution in [0.25, 0.3) is 10.8 Å². The summed E-state index contributed by atoms with van der Waals surface area (Å²) in [7, 11) is 0. The molecule has 1 unspecified atom stereocenters. The van der Waals surface area contributed by atoms with Gasteiger partial charge in [0.1, 0.15) is 0 Å². The molecule has 1 aromatic heterocycles. The average molecular weight is 254 g/mol. The Morgan fingerprint density at radius 3 is 2.50 bits per heavy atom. The van der Waals surface area contributed by atoms with Crippen LogP contribution in [-0.4, -0.2) is 0 Å². The van der Waals surface area contributed by atoms with Crippen LogP contribution in [0.1, 0.15) is 17.2 Å². The van der Waals surface area contributed by atoms with Gasteiger partial charge in [0.15, 0.2) is 0 Å². The fourth-order valence-corrected chi connectivity index (χ4v) is 2.90. The number of nitrogens with two attached hydrogens (primary N) is 1. The number of fused-ring (bicyclic) bond motifs is 1. The van der Waals surface area contributed by atoms with E-state index in [-0.39, 0.29) is 6.04 Å². The Hall–Kier alpha value is -1.68. The van der Waals surface area contributed by atoms with Gasteiger partial charge in [-0.15, -0.1) is 0 Å². The lowest BCUT2D eigenvalue weighted by Gasteiger charge is -2.15. The minimum Gasteiger partial charge on any atom is -0.271 e. The second-order valence-electron chi connectivity index (χ2n) is 4.26. The van der Waals surface area contributed by atoms with Gasteiger partial charge in [0.25, 0.3) is 0 Å². The molecule has 0 saturated carbocycles. The molecular formula is C15H14N2S. The zero-order valence-corrected chi connectivity index (χ0v) is 10.7. The predicted molar refractivity (Wildman–Crippen MR) is 77.4 cm³/mol. The first-order valence-corrected chi connectivity index (χ1v) is 6.79. The van der Waals surface area contributed by atoms with Crippen LogP contribution >= 0.6 is 11.3 Å². The van der Waals surface area contributed by atoms with Crippen molar-refractivity contribution >= 4 is 22.1 Å². The number of nitrogens with one attached hydrogen (secondary N) is 1. The molecule has 0 bridgehead atoms. The highest BCUT2D eigenvalue weighted by Gasteiger charge is 2.12. The number of thiophene rings is 1. The largest absolute Gasteiger partial charge is 0.271 e. The fourth-order valence-electron chi connectivity index (χ4n) is 2.21. The molecule has 0 saturated heterocycles. The maximum atomic E-state index is 5.69. The Bertz CT molecular complexity index is 646. The number of benzene rings is 2. The molecule has 3 N–H and O–H groups in total. The van der Waals surface area contributed by atoms with Crippen molar-refractivity contribution in [3.05, 3.63) is 70.4 Å². The van der Waals surface area contributed by atoms with Crippen LogP contribution in [0.3, 0.4) is 0 Å². The lowest BCUT2D eigenvalue weighted by molar-refractivity contribution is 0.639. The first kappa shape index (κ1) is 11.4. The highest BCUT2D eigenvalue weighted by molar-refractivity contribution is 7.08. The van der Waals surface area contributed by atoms with E-state index in [4.69, 9.17) is 5.84 Å². The van der Waals surface area contributed by atoms with Gasteiger partial charge in [-0.25, -0.2) is 5.43 Å². The van der Waals surface area contributed by atoms with Crippen LogP contribution in [0.2, 0.25) is 0 Å². The smallest absolute Gasteiger partial charge is 0.0718 e. The molecule has 3 heteroatoms. The molecule has 2 nitrogen and oxygen atoms in total. The average Bonchev–Trinajstić information content (AvgIpc) is 2.93. The molecule has 0 aliphatic carbocycles. The van der Waals surface area contributed by atoms with Crippen molar-refractivity contribution in [3.8, 4) is 0 Å². The molecule has 0 aliphatic rings. The van der Waals surface area contributed by atoms with E-state index >= 15 is 0 Å². The Balaban J connectivity index is 2.07. The van der Waals surface area contributed by atoms with Crippen LogP contribution < -0.4 is 11.3 Å². The minimum atomic E-state index is 0.0563. The van der Waals surface area contributed by atoms with Crippen molar-refractivity contribution in [3.63, 3.8) is 0 Å². The molecule has 0 aliphatic heterocycles. The van der Waals surface area contributed by atoms with Gasteiger partial charge in [0.05, 0.1) is 6.04 Å². The summed E-state index contributed by atoms with van der Waals surface area (Å²) < 4.78 is 0. The van der Waals surface area contributed by atoms with Crippen LogP contribution in [0.15, 0.2) is 59.3 Å². The van der Waals surface area contributed by atoms with Crippen molar-refractivity contribution in [2.45, 2.75) is 6.04 Å². The van der Waals surface area contributed by atoms with Gasteiger partial charge < -0.3 is 0 Å². The lowest BCUT2D eigenvalue weighted by Crippen LogP contribution is -2.28. The van der Waals surface area contributed by atoms with E-state index in [0.29, 0.717) is 0 Å². The molecule has 2 aromatic carbocycles. The first-order valence-electron chi connectivity index (χ1n) is 5.85. The Morgan fingerprint density at radius 2 is 1.78 bits per heavy atom. The third-order valence-corrected chi connectivity index (χ3v) is 3.85. The Kier molecular flexibility index (Phi) is 3.11. The summed E-state index contributed by atoms with van der Waals surface area (Å²) in [6.45, 7) is 0. The maximum Gasteiger partial charge on any atom is 0.0718 e. The maximum absolute atomic E-state index is 5.69. The molecule has 0 spiro atoms. The summed E-state index contributed by atoms with van der Waals surface area (Å²) in [6.07, 6.45) is 0. The van der Waals surface area contributed by atoms with E-state index in [2.05, 4.69) is 64.7 Å². The third kappa shape index (κ3) is 2.04. The molecule has 0 fully saturated rings. The summed E-state index contributed by atoms with van der Waals surface area (Å²) in [5.41, 5.74) is 5.29. The SMILES string of the molecule is NNC(c1ccsc1)c1ccc2ccccc2c1. The predicted octanol–water partition coefficient (Wildman–Crippen LogP) is 3.45. The van der Waals surface area contributed by atoms with Crippen molar-refractivity contribution in [1.29, 1.82) is 0 Å². The standard InChI is InChI=1S/C15H14N2S/c16-17-15(14-7-8-18-10-14)13-6-5-11-3-1-2-4-12(11)9-13/h1-10,15,17H,16H2. The van der Waals surface area contributed by atoms with Crippen LogP contribution in [0.4, 0.5) is 0 Å². The summed E-state index contributed by atoms with van der Waals surface area (Å²) >= 11 is 1.69. The number of hydrogen-bond acceptors (Lipinski definition) is 3. The lowest BCUT2D eigenvalue weighted by atomic mass is 9.99. The zero-order chi connectivity index (χ0) is 12.4. The van der Waals surface area contributed by atoms with E-state index in [1.807, 2.05) is 0 Å². The van der Waals surface area contributed by atoms with E-state index in [1.165, 1.54) is 21.9 Å². The van der Waals surface area contributed by atoms with Gasteiger partial charge in [-0.3, -0.25) is 5.84 Å². The van der Waals surface area contributed by atoms with E-state index < -0.39 is 0 Å². The summed E-state index contributed by atoms with van der Waals surface area (Å²) in [5.74, 6) is 5.69. The van der Waals surface area contributed by atoms with Gasteiger partial charge in [0.2, 0.25) is 0 Å². The van der Waals surface area contributed by atoms with E-state index in [0.717, 1.165) is 0 Å². The van der Waals surface area contributed by atoms with Crippen molar-refractivity contribution < 1.29 is 0 Å². The summed E-state index contributed by atoms with van der Waals surface area (Å²) in [6, 6.07) is 17.0. The molecule has 90 valence electrons. The monoisotopic (exact) mass is 254 g/mol. The second kappa shape index (κ2) is 4.90. The Morgan fingerprint density at radius 1 is 0.944 bits per heavy atom. The van der Waals surface area contributed by atoms with E-state index in [1.54, 1.807) is 11.3 Å². The molecule has 3 rings (SSSR count). The highest BCUT2D eigenvalue weighted by Crippen LogP contribution is 2.26. The zero-order valence-electron chi connectivity index (χ0n) is 9.84.